The third-order valence-electron chi connectivity index (χ3n) is 3.29. The van der Waals surface area contributed by atoms with Crippen LogP contribution in [0.25, 0.3) is 0 Å². The molecule has 0 aliphatic heterocycles. The molecular weight excluding hydrogens is 238 g/mol. The van der Waals surface area contributed by atoms with Gasteiger partial charge in [-0.2, -0.15) is 0 Å². The lowest BCUT2D eigenvalue weighted by molar-refractivity contribution is -0.125. The second kappa shape index (κ2) is 7.89. The Labute approximate surface area is 115 Å². The van der Waals surface area contributed by atoms with E-state index in [4.69, 9.17) is 5.73 Å². The summed E-state index contributed by atoms with van der Waals surface area (Å²) in [4.78, 5) is 16.1. The quantitative estimate of drug-likeness (QED) is 0.793. The average Bonchev–Trinajstić information content (AvgIpc) is 2.39. The van der Waals surface area contributed by atoms with E-state index in [2.05, 4.69) is 10.3 Å². The van der Waals surface area contributed by atoms with Gasteiger partial charge in [-0.25, -0.2) is 0 Å². The van der Waals surface area contributed by atoms with Gasteiger partial charge in [0.2, 0.25) is 5.91 Å². The molecule has 1 amide bonds. The van der Waals surface area contributed by atoms with E-state index in [0.717, 1.165) is 24.8 Å². The zero-order valence-corrected chi connectivity index (χ0v) is 12.1. The van der Waals surface area contributed by atoms with Gasteiger partial charge in [0, 0.05) is 24.4 Å². The summed E-state index contributed by atoms with van der Waals surface area (Å²) >= 11 is 0. The minimum absolute atomic E-state index is 0.00270. The highest BCUT2D eigenvalue weighted by Gasteiger charge is 2.16. The summed E-state index contributed by atoms with van der Waals surface area (Å²) < 4.78 is 0. The van der Waals surface area contributed by atoms with Crippen LogP contribution in [0, 0.1) is 5.92 Å². The van der Waals surface area contributed by atoms with Gasteiger partial charge in [-0.3, -0.25) is 9.78 Å². The summed E-state index contributed by atoms with van der Waals surface area (Å²) in [5.41, 5.74) is 6.73. The van der Waals surface area contributed by atoms with Crippen molar-refractivity contribution >= 4 is 5.91 Å². The van der Waals surface area contributed by atoms with Gasteiger partial charge in [-0.05, 0) is 38.3 Å². The number of amides is 1. The summed E-state index contributed by atoms with van der Waals surface area (Å²) in [5.74, 6) is 0.124. The molecule has 1 heterocycles. The molecule has 1 aromatic heterocycles. The van der Waals surface area contributed by atoms with Crippen LogP contribution < -0.4 is 11.1 Å². The van der Waals surface area contributed by atoms with Crippen LogP contribution in [0.5, 0.6) is 0 Å². The van der Waals surface area contributed by atoms with Crippen LogP contribution in [-0.2, 0) is 4.79 Å². The molecule has 0 aliphatic carbocycles. The first kappa shape index (κ1) is 15.6. The van der Waals surface area contributed by atoms with Crippen molar-refractivity contribution in [2.45, 2.75) is 52.1 Å². The van der Waals surface area contributed by atoms with E-state index in [0.29, 0.717) is 0 Å². The van der Waals surface area contributed by atoms with E-state index in [1.54, 1.807) is 12.4 Å². The molecule has 1 aromatic rings. The van der Waals surface area contributed by atoms with Crippen molar-refractivity contribution in [2.75, 3.05) is 0 Å². The predicted molar refractivity (Wildman–Crippen MR) is 77.5 cm³/mol. The molecule has 0 fully saturated rings. The molecule has 3 atom stereocenters. The molecule has 3 N–H and O–H groups in total. The van der Waals surface area contributed by atoms with Gasteiger partial charge in [-0.1, -0.05) is 19.4 Å². The van der Waals surface area contributed by atoms with Crippen molar-refractivity contribution in [1.82, 2.24) is 10.3 Å². The van der Waals surface area contributed by atoms with Gasteiger partial charge >= 0.3 is 0 Å². The molecule has 0 saturated heterocycles. The SMILES string of the molecule is CC(N)CCCC(C)C(=O)NC(C)c1cccnc1. The molecule has 0 saturated carbocycles. The minimum Gasteiger partial charge on any atom is -0.349 e. The number of nitrogens with two attached hydrogens (primary N) is 1. The van der Waals surface area contributed by atoms with Crippen molar-refractivity contribution in [3.05, 3.63) is 30.1 Å². The van der Waals surface area contributed by atoms with Crippen LogP contribution in [0.2, 0.25) is 0 Å². The maximum absolute atomic E-state index is 12.0. The molecule has 1 rings (SSSR count). The smallest absolute Gasteiger partial charge is 0.223 e. The highest BCUT2D eigenvalue weighted by Crippen LogP contribution is 2.14. The molecule has 4 heteroatoms. The van der Waals surface area contributed by atoms with E-state index in [-0.39, 0.29) is 23.9 Å². The van der Waals surface area contributed by atoms with Crippen LogP contribution in [0.1, 0.15) is 51.6 Å². The predicted octanol–water partition coefficient (Wildman–Crippen LogP) is 2.41. The van der Waals surface area contributed by atoms with Crippen LogP contribution in [-0.4, -0.2) is 16.9 Å². The number of hydrogen-bond donors (Lipinski definition) is 2. The Morgan fingerprint density at radius 1 is 1.37 bits per heavy atom. The lowest BCUT2D eigenvalue weighted by atomic mass is 10.0. The first-order chi connectivity index (χ1) is 9.00. The molecule has 19 heavy (non-hydrogen) atoms. The second-order valence-corrected chi connectivity index (χ2v) is 5.33. The molecule has 3 unspecified atom stereocenters. The number of pyridine rings is 1. The summed E-state index contributed by atoms with van der Waals surface area (Å²) in [7, 11) is 0. The number of nitrogens with zero attached hydrogens (tertiary/aromatic N) is 1. The summed E-state index contributed by atoms with van der Waals surface area (Å²) in [6, 6.07) is 4.06. The van der Waals surface area contributed by atoms with Gasteiger partial charge in [0.1, 0.15) is 0 Å². The van der Waals surface area contributed by atoms with Crippen molar-refractivity contribution in [2.24, 2.45) is 11.7 Å². The van der Waals surface area contributed by atoms with Crippen molar-refractivity contribution in [1.29, 1.82) is 0 Å². The number of nitrogens with one attached hydrogen (secondary N) is 1. The normalized spacial score (nSPS) is 15.6. The minimum atomic E-state index is -0.00270. The van der Waals surface area contributed by atoms with Crippen molar-refractivity contribution in [3.8, 4) is 0 Å². The van der Waals surface area contributed by atoms with Crippen molar-refractivity contribution < 1.29 is 4.79 Å². The number of rotatable bonds is 7. The lowest BCUT2D eigenvalue weighted by Gasteiger charge is -2.18. The molecular formula is C15H25N3O. The van der Waals surface area contributed by atoms with Gasteiger partial charge in [0.05, 0.1) is 6.04 Å². The van der Waals surface area contributed by atoms with E-state index >= 15 is 0 Å². The fourth-order valence-electron chi connectivity index (χ4n) is 1.95. The molecule has 0 aromatic carbocycles. The number of carbonyl (C=O) groups is 1. The zero-order chi connectivity index (χ0) is 14.3. The molecule has 0 aliphatic rings. The van der Waals surface area contributed by atoms with Gasteiger partial charge < -0.3 is 11.1 Å². The standard InChI is InChI=1S/C15H25N3O/c1-11(6-4-7-12(2)16)15(19)18-13(3)14-8-5-9-17-10-14/h5,8-13H,4,6-7,16H2,1-3H3,(H,18,19). The maximum atomic E-state index is 12.0. The fraction of sp³-hybridized carbons (Fsp3) is 0.600. The summed E-state index contributed by atoms with van der Waals surface area (Å²) in [6.07, 6.45) is 6.36. The Balaban J connectivity index is 2.37. The highest BCUT2D eigenvalue weighted by atomic mass is 16.1. The number of aromatic nitrogens is 1. The third-order valence-corrected chi connectivity index (χ3v) is 3.29. The largest absolute Gasteiger partial charge is 0.349 e. The number of carbonyl (C=O) groups excluding carboxylic acids is 1. The summed E-state index contributed by atoms with van der Waals surface area (Å²) in [5, 5.41) is 3.02. The lowest BCUT2D eigenvalue weighted by Crippen LogP contribution is -2.31. The fourth-order valence-corrected chi connectivity index (χ4v) is 1.95. The average molecular weight is 263 g/mol. The Morgan fingerprint density at radius 3 is 2.68 bits per heavy atom. The molecule has 4 nitrogen and oxygen atoms in total. The van der Waals surface area contributed by atoms with Crippen LogP contribution >= 0.6 is 0 Å². The summed E-state index contributed by atoms with van der Waals surface area (Å²) in [6.45, 7) is 5.94. The molecule has 0 bridgehead atoms. The third kappa shape index (κ3) is 5.83. The zero-order valence-electron chi connectivity index (χ0n) is 12.1. The van der Waals surface area contributed by atoms with Gasteiger partial charge in [-0.15, -0.1) is 0 Å². The Morgan fingerprint density at radius 2 is 2.11 bits per heavy atom. The Kier molecular flexibility index (Phi) is 6.50. The maximum Gasteiger partial charge on any atom is 0.223 e. The highest BCUT2D eigenvalue weighted by molar-refractivity contribution is 5.78. The Bertz CT molecular complexity index is 378. The van der Waals surface area contributed by atoms with Gasteiger partial charge in [0.25, 0.3) is 0 Å². The topological polar surface area (TPSA) is 68.0 Å². The van der Waals surface area contributed by atoms with Crippen LogP contribution in [0.3, 0.4) is 0 Å². The Hall–Kier alpha value is -1.42. The molecule has 0 radical (unpaired) electrons. The van der Waals surface area contributed by atoms with E-state index in [9.17, 15) is 4.79 Å². The van der Waals surface area contributed by atoms with Crippen LogP contribution in [0.4, 0.5) is 0 Å². The van der Waals surface area contributed by atoms with Crippen molar-refractivity contribution in [3.63, 3.8) is 0 Å². The van der Waals surface area contributed by atoms with Crippen LogP contribution in [0.15, 0.2) is 24.5 Å². The monoisotopic (exact) mass is 263 g/mol. The number of hydrogen-bond acceptors (Lipinski definition) is 3. The van der Waals surface area contributed by atoms with E-state index in [1.807, 2.05) is 32.9 Å². The molecule has 106 valence electrons. The van der Waals surface area contributed by atoms with Gasteiger partial charge in [0.15, 0.2) is 0 Å². The molecule has 0 spiro atoms. The van der Waals surface area contributed by atoms with E-state index < -0.39 is 0 Å². The van der Waals surface area contributed by atoms with E-state index in [1.165, 1.54) is 0 Å². The first-order valence-electron chi connectivity index (χ1n) is 6.96. The second-order valence-electron chi connectivity index (χ2n) is 5.33. The first-order valence-corrected chi connectivity index (χ1v) is 6.96.